The maximum atomic E-state index is 14.4. The van der Waals surface area contributed by atoms with E-state index in [-0.39, 0.29) is 23.0 Å². The number of para-hydroxylation sites is 1. The number of rotatable bonds is 6. The molecule has 4 aromatic rings. The lowest BCUT2D eigenvalue weighted by atomic mass is 10.2. The fourth-order valence-electron chi connectivity index (χ4n) is 3.03. The number of carbonyl (C=O) groups excluding carboxylic acids is 2. The molecule has 0 bridgehead atoms. The molecule has 8 nitrogen and oxygen atoms in total. The van der Waals surface area contributed by atoms with Crippen molar-refractivity contribution in [3.63, 3.8) is 0 Å². The number of halogens is 1. The molecule has 0 atom stereocenters. The van der Waals surface area contributed by atoms with Crippen LogP contribution in [0.5, 0.6) is 0 Å². The zero-order valence-electron chi connectivity index (χ0n) is 16.7. The van der Waals surface area contributed by atoms with Crippen LogP contribution in [-0.4, -0.2) is 37.8 Å². The summed E-state index contributed by atoms with van der Waals surface area (Å²) in [6.07, 6.45) is 4.83. The Kier molecular flexibility index (Phi) is 5.63. The van der Waals surface area contributed by atoms with Crippen molar-refractivity contribution in [2.75, 3.05) is 11.9 Å². The Bertz CT molecular complexity index is 1250. The fourth-order valence-corrected chi connectivity index (χ4v) is 3.88. The number of thiazole rings is 1. The topological polar surface area (TPSA) is 91.0 Å². The number of ether oxygens (including phenoxy) is 1. The summed E-state index contributed by atoms with van der Waals surface area (Å²) in [5.74, 6) is -1.08. The van der Waals surface area contributed by atoms with Crippen molar-refractivity contribution < 1.29 is 18.7 Å². The second-order valence-electron chi connectivity index (χ2n) is 6.44. The molecule has 1 aromatic carbocycles. The number of anilines is 1. The van der Waals surface area contributed by atoms with E-state index in [0.717, 1.165) is 11.3 Å². The maximum absolute atomic E-state index is 14.4. The third-order valence-corrected chi connectivity index (χ3v) is 5.45. The number of carbonyl (C=O) groups is 2. The number of hydrogen-bond acceptors (Lipinski definition) is 6. The molecule has 4 rings (SSSR count). The average molecular weight is 439 g/mol. The van der Waals surface area contributed by atoms with Crippen molar-refractivity contribution in [3.05, 3.63) is 76.9 Å². The largest absolute Gasteiger partial charge is 0.462 e. The van der Waals surface area contributed by atoms with E-state index in [4.69, 9.17) is 4.74 Å². The highest BCUT2D eigenvalue weighted by atomic mass is 32.1. The van der Waals surface area contributed by atoms with Gasteiger partial charge < -0.3 is 9.30 Å². The predicted octanol–water partition coefficient (Wildman–Crippen LogP) is 4.00. The molecule has 0 radical (unpaired) electrons. The minimum Gasteiger partial charge on any atom is -0.462 e. The van der Waals surface area contributed by atoms with E-state index in [1.807, 2.05) is 0 Å². The lowest BCUT2D eigenvalue weighted by Gasteiger charge is -2.11. The third kappa shape index (κ3) is 3.97. The van der Waals surface area contributed by atoms with Gasteiger partial charge in [0.25, 0.3) is 5.91 Å². The summed E-state index contributed by atoms with van der Waals surface area (Å²) in [4.78, 5) is 29.6. The van der Waals surface area contributed by atoms with Crippen LogP contribution in [0.4, 0.5) is 9.52 Å². The Morgan fingerprint density at radius 3 is 2.65 bits per heavy atom. The Morgan fingerprint density at radius 2 is 1.94 bits per heavy atom. The van der Waals surface area contributed by atoms with Crippen LogP contribution in [0.1, 0.15) is 32.6 Å². The minimum absolute atomic E-state index is 0.208. The van der Waals surface area contributed by atoms with Crippen molar-refractivity contribution in [2.24, 2.45) is 0 Å². The van der Waals surface area contributed by atoms with Crippen LogP contribution < -0.4 is 5.32 Å². The smallest absolute Gasteiger partial charge is 0.350 e. The molecular weight excluding hydrogens is 421 g/mol. The van der Waals surface area contributed by atoms with Gasteiger partial charge in [-0.25, -0.2) is 18.9 Å². The molecule has 0 fully saturated rings. The lowest BCUT2D eigenvalue weighted by molar-refractivity contribution is 0.0531. The Balaban J connectivity index is 1.71. The molecule has 0 aliphatic rings. The van der Waals surface area contributed by atoms with E-state index in [1.54, 1.807) is 61.1 Å². The number of nitrogens with zero attached hydrogens (tertiary/aromatic N) is 4. The zero-order chi connectivity index (χ0) is 22.0. The van der Waals surface area contributed by atoms with Crippen molar-refractivity contribution >= 4 is 28.3 Å². The van der Waals surface area contributed by atoms with E-state index in [9.17, 15) is 14.0 Å². The second-order valence-corrected chi connectivity index (χ2v) is 7.44. The van der Waals surface area contributed by atoms with Gasteiger partial charge in [-0.1, -0.05) is 23.5 Å². The minimum atomic E-state index is -0.490. The standard InChI is InChI=1S/C21H18FN5O3S/c1-3-30-20(29)17-13(2)24-21(31-17)25-18(28)14-12-23-27(16-9-5-4-8-15(16)22)19(14)26-10-6-7-11-26/h4-12H,3H2,1-2H3,(H,24,25,28). The van der Waals surface area contributed by atoms with Crippen LogP contribution in [0.15, 0.2) is 55.0 Å². The van der Waals surface area contributed by atoms with Crippen molar-refractivity contribution in [2.45, 2.75) is 13.8 Å². The number of hydrogen-bond donors (Lipinski definition) is 1. The molecule has 158 valence electrons. The molecule has 1 amide bonds. The Morgan fingerprint density at radius 1 is 1.19 bits per heavy atom. The van der Waals surface area contributed by atoms with Gasteiger partial charge in [0, 0.05) is 12.4 Å². The van der Waals surface area contributed by atoms with Gasteiger partial charge >= 0.3 is 5.97 Å². The van der Waals surface area contributed by atoms with E-state index in [0.29, 0.717) is 16.4 Å². The van der Waals surface area contributed by atoms with Crippen LogP contribution in [0.2, 0.25) is 0 Å². The first-order valence-corrected chi connectivity index (χ1v) is 10.2. The molecule has 0 saturated heterocycles. The van der Waals surface area contributed by atoms with Gasteiger partial charge in [-0.05, 0) is 38.1 Å². The quantitative estimate of drug-likeness (QED) is 0.459. The predicted molar refractivity (Wildman–Crippen MR) is 114 cm³/mol. The highest BCUT2D eigenvalue weighted by Crippen LogP contribution is 2.26. The number of nitrogens with one attached hydrogen (secondary N) is 1. The Hall–Kier alpha value is -3.79. The summed E-state index contributed by atoms with van der Waals surface area (Å²) < 4.78 is 22.5. The van der Waals surface area contributed by atoms with Crippen molar-refractivity contribution in [3.8, 4) is 11.5 Å². The molecule has 0 spiro atoms. The average Bonchev–Trinajstić information content (AvgIpc) is 3.47. The molecule has 3 aromatic heterocycles. The number of aromatic nitrogens is 4. The summed E-state index contributed by atoms with van der Waals surface area (Å²) in [5, 5.41) is 7.20. The number of esters is 1. The molecule has 3 heterocycles. The summed E-state index contributed by atoms with van der Waals surface area (Å²) >= 11 is 1.03. The number of amides is 1. The third-order valence-electron chi connectivity index (χ3n) is 4.40. The SMILES string of the molecule is CCOC(=O)c1sc(NC(=O)c2cnn(-c3ccccc3F)c2-n2cccc2)nc1C. The molecule has 10 heteroatoms. The lowest BCUT2D eigenvalue weighted by Crippen LogP contribution is -2.15. The molecule has 0 saturated carbocycles. The van der Waals surface area contributed by atoms with Gasteiger partial charge in [0.15, 0.2) is 10.9 Å². The molecule has 0 unspecified atom stereocenters. The van der Waals surface area contributed by atoms with Crippen LogP contribution >= 0.6 is 11.3 Å². The number of benzene rings is 1. The van der Waals surface area contributed by atoms with Crippen LogP contribution in [0.3, 0.4) is 0 Å². The number of aryl methyl sites for hydroxylation is 1. The first-order valence-electron chi connectivity index (χ1n) is 9.41. The summed E-state index contributed by atoms with van der Waals surface area (Å²) in [7, 11) is 0. The summed E-state index contributed by atoms with van der Waals surface area (Å²) in [5.41, 5.74) is 0.886. The molecule has 1 N–H and O–H groups in total. The van der Waals surface area contributed by atoms with E-state index in [2.05, 4.69) is 15.4 Å². The highest BCUT2D eigenvalue weighted by molar-refractivity contribution is 7.17. The van der Waals surface area contributed by atoms with Crippen LogP contribution in [-0.2, 0) is 4.74 Å². The van der Waals surface area contributed by atoms with E-state index in [1.165, 1.54) is 16.9 Å². The first-order chi connectivity index (χ1) is 15.0. The van der Waals surface area contributed by atoms with Crippen molar-refractivity contribution in [1.82, 2.24) is 19.3 Å². The monoisotopic (exact) mass is 439 g/mol. The fraction of sp³-hybridized carbons (Fsp3) is 0.143. The van der Waals surface area contributed by atoms with E-state index >= 15 is 0 Å². The normalized spacial score (nSPS) is 10.8. The van der Waals surface area contributed by atoms with Gasteiger partial charge in [0.2, 0.25) is 0 Å². The van der Waals surface area contributed by atoms with Gasteiger partial charge in [-0.3, -0.25) is 10.1 Å². The molecule has 0 aliphatic heterocycles. The summed E-state index contributed by atoms with van der Waals surface area (Å²) in [6.45, 7) is 3.63. The van der Waals surface area contributed by atoms with E-state index < -0.39 is 17.7 Å². The molecule has 31 heavy (non-hydrogen) atoms. The van der Waals surface area contributed by atoms with Crippen molar-refractivity contribution in [1.29, 1.82) is 0 Å². The van der Waals surface area contributed by atoms with Crippen LogP contribution in [0, 0.1) is 12.7 Å². The molecule has 0 aliphatic carbocycles. The summed E-state index contributed by atoms with van der Waals surface area (Å²) in [6, 6.07) is 9.75. The van der Waals surface area contributed by atoms with Crippen LogP contribution in [0.25, 0.3) is 11.5 Å². The van der Waals surface area contributed by atoms with Gasteiger partial charge in [0.1, 0.15) is 21.9 Å². The second kappa shape index (κ2) is 8.52. The molecular formula is C21H18FN5O3S. The highest BCUT2D eigenvalue weighted by Gasteiger charge is 2.23. The van der Waals surface area contributed by atoms with Gasteiger partial charge in [-0.2, -0.15) is 5.10 Å². The Labute approximate surface area is 180 Å². The first kappa shape index (κ1) is 20.5. The van der Waals surface area contributed by atoms with Gasteiger partial charge in [-0.15, -0.1) is 0 Å². The zero-order valence-corrected chi connectivity index (χ0v) is 17.5. The maximum Gasteiger partial charge on any atom is 0.350 e. The van der Waals surface area contributed by atoms with Gasteiger partial charge in [0.05, 0.1) is 18.5 Å².